The molecule has 1 atom stereocenters. The van der Waals surface area contributed by atoms with E-state index in [2.05, 4.69) is 10.1 Å². The van der Waals surface area contributed by atoms with Crippen LogP contribution in [-0.2, 0) is 10.0 Å². The van der Waals surface area contributed by atoms with Gasteiger partial charge >= 0.3 is 0 Å². The van der Waals surface area contributed by atoms with E-state index in [4.69, 9.17) is 4.52 Å². The Balaban J connectivity index is 1.55. The maximum Gasteiger partial charge on any atom is 0.243 e. The summed E-state index contributed by atoms with van der Waals surface area (Å²) in [6.07, 6.45) is 1.59. The third kappa shape index (κ3) is 3.72. The Bertz CT molecular complexity index is 1070. The van der Waals surface area contributed by atoms with E-state index in [9.17, 15) is 8.42 Å². The summed E-state index contributed by atoms with van der Waals surface area (Å²) in [4.78, 5) is 4.87. The highest BCUT2D eigenvalue weighted by Crippen LogP contribution is 2.30. The Hall–Kier alpha value is -2.51. The van der Waals surface area contributed by atoms with Gasteiger partial charge in [-0.3, -0.25) is 0 Å². The molecule has 7 heteroatoms. The summed E-state index contributed by atoms with van der Waals surface area (Å²) < 4.78 is 33.0. The molecule has 2 heterocycles. The molecule has 6 nitrogen and oxygen atoms in total. The highest BCUT2D eigenvalue weighted by molar-refractivity contribution is 7.89. The van der Waals surface area contributed by atoms with Crippen LogP contribution < -0.4 is 0 Å². The number of nitrogens with zero attached hydrogens (tertiary/aromatic N) is 3. The molecular formula is C21H23N3O3S. The normalized spacial score (nSPS) is 18.3. The largest absolute Gasteiger partial charge is 0.339 e. The van der Waals surface area contributed by atoms with Gasteiger partial charge in [0.05, 0.1) is 10.8 Å². The van der Waals surface area contributed by atoms with Gasteiger partial charge in [-0.1, -0.05) is 46.6 Å². The molecule has 3 aromatic rings. The van der Waals surface area contributed by atoms with E-state index < -0.39 is 10.0 Å². The number of sulfonamides is 1. The van der Waals surface area contributed by atoms with Crippen molar-refractivity contribution in [3.8, 4) is 11.4 Å². The van der Waals surface area contributed by atoms with E-state index in [-0.39, 0.29) is 5.92 Å². The molecule has 1 aromatic heterocycles. The van der Waals surface area contributed by atoms with Crippen molar-refractivity contribution in [3.63, 3.8) is 0 Å². The molecule has 1 aliphatic rings. The van der Waals surface area contributed by atoms with Gasteiger partial charge in [0.2, 0.25) is 21.7 Å². The molecule has 2 aromatic carbocycles. The first-order valence-electron chi connectivity index (χ1n) is 9.41. The van der Waals surface area contributed by atoms with Crippen molar-refractivity contribution in [1.82, 2.24) is 14.4 Å². The van der Waals surface area contributed by atoms with Crippen LogP contribution in [0.1, 0.15) is 35.8 Å². The molecule has 0 bridgehead atoms. The summed E-state index contributed by atoms with van der Waals surface area (Å²) >= 11 is 0. The first-order chi connectivity index (χ1) is 13.4. The summed E-state index contributed by atoms with van der Waals surface area (Å²) in [6, 6.07) is 14.9. The predicted octanol–water partition coefficient (Wildman–Crippen LogP) is 3.92. The van der Waals surface area contributed by atoms with Crippen molar-refractivity contribution in [2.45, 2.75) is 37.5 Å². The standard InChI is InChI=1S/C21H23N3O3S/c1-15-8-10-19(11-9-15)28(25,26)24-12-4-7-18(14-24)21-22-20(23-27-21)17-6-3-5-16(2)13-17/h3,5-6,8-11,13,18H,4,7,12,14H2,1-2H3/t18-/m1/s1. The van der Waals surface area contributed by atoms with Crippen LogP contribution >= 0.6 is 0 Å². The molecule has 0 aliphatic carbocycles. The average Bonchev–Trinajstić information content (AvgIpc) is 3.19. The fraction of sp³-hybridized carbons (Fsp3) is 0.333. The fourth-order valence-corrected chi connectivity index (χ4v) is 5.05. The lowest BCUT2D eigenvalue weighted by atomic mass is 10.00. The van der Waals surface area contributed by atoms with Gasteiger partial charge in [0.25, 0.3) is 0 Å². The summed E-state index contributed by atoms with van der Waals surface area (Å²) in [5.41, 5.74) is 3.05. The predicted molar refractivity (Wildman–Crippen MR) is 106 cm³/mol. The molecule has 0 N–H and O–H groups in total. The van der Waals surface area contributed by atoms with E-state index in [0.29, 0.717) is 29.7 Å². The Morgan fingerprint density at radius 1 is 1.07 bits per heavy atom. The van der Waals surface area contributed by atoms with E-state index in [1.165, 1.54) is 4.31 Å². The molecule has 0 radical (unpaired) electrons. The van der Waals surface area contributed by atoms with Crippen LogP contribution in [-0.4, -0.2) is 36.0 Å². The van der Waals surface area contributed by atoms with Crippen molar-refractivity contribution >= 4 is 10.0 Å². The zero-order chi connectivity index (χ0) is 19.7. The van der Waals surface area contributed by atoms with Crippen molar-refractivity contribution in [1.29, 1.82) is 0 Å². The maximum atomic E-state index is 13.0. The Morgan fingerprint density at radius 3 is 2.61 bits per heavy atom. The highest BCUT2D eigenvalue weighted by atomic mass is 32.2. The second-order valence-corrected chi connectivity index (χ2v) is 9.28. The summed E-state index contributed by atoms with van der Waals surface area (Å²) in [7, 11) is -3.53. The number of benzene rings is 2. The topological polar surface area (TPSA) is 76.3 Å². The summed E-state index contributed by atoms with van der Waals surface area (Å²) in [6.45, 7) is 4.81. The first-order valence-corrected chi connectivity index (χ1v) is 10.8. The molecule has 28 heavy (non-hydrogen) atoms. The van der Waals surface area contributed by atoms with Gasteiger partial charge in [0, 0.05) is 18.7 Å². The molecule has 1 saturated heterocycles. The second-order valence-electron chi connectivity index (χ2n) is 7.34. The van der Waals surface area contributed by atoms with Crippen LogP contribution in [0.5, 0.6) is 0 Å². The average molecular weight is 398 g/mol. The van der Waals surface area contributed by atoms with E-state index in [1.807, 2.05) is 50.2 Å². The zero-order valence-electron chi connectivity index (χ0n) is 16.0. The van der Waals surface area contributed by atoms with Gasteiger partial charge in [0.15, 0.2) is 0 Å². The number of piperidine rings is 1. The SMILES string of the molecule is Cc1ccc(S(=O)(=O)N2CCC[C@@H](c3nc(-c4cccc(C)c4)no3)C2)cc1. The Kier molecular flexibility index (Phi) is 5.03. The third-order valence-electron chi connectivity index (χ3n) is 5.11. The van der Waals surface area contributed by atoms with Gasteiger partial charge in [-0.15, -0.1) is 0 Å². The molecule has 1 aliphatic heterocycles. The Labute approximate surface area is 165 Å². The molecule has 146 valence electrons. The number of aromatic nitrogens is 2. The molecule has 0 spiro atoms. The van der Waals surface area contributed by atoms with Crippen LogP contribution in [0.15, 0.2) is 57.9 Å². The molecule has 4 rings (SSSR count). The van der Waals surface area contributed by atoms with Gasteiger partial charge in [-0.2, -0.15) is 9.29 Å². The first kappa shape index (κ1) is 18.8. The van der Waals surface area contributed by atoms with Crippen molar-refractivity contribution in [2.75, 3.05) is 13.1 Å². The molecular weight excluding hydrogens is 374 g/mol. The minimum Gasteiger partial charge on any atom is -0.339 e. The van der Waals surface area contributed by atoms with Gasteiger partial charge in [-0.25, -0.2) is 8.42 Å². The maximum absolute atomic E-state index is 13.0. The van der Waals surface area contributed by atoms with Gasteiger partial charge in [0.1, 0.15) is 0 Å². The van der Waals surface area contributed by atoms with Crippen LogP contribution in [0.2, 0.25) is 0 Å². The van der Waals surface area contributed by atoms with Gasteiger partial charge < -0.3 is 4.52 Å². The number of hydrogen-bond donors (Lipinski definition) is 0. The van der Waals surface area contributed by atoms with Crippen molar-refractivity contribution in [2.24, 2.45) is 0 Å². The monoisotopic (exact) mass is 397 g/mol. The molecule has 0 saturated carbocycles. The zero-order valence-corrected chi connectivity index (χ0v) is 16.8. The Morgan fingerprint density at radius 2 is 1.86 bits per heavy atom. The van der Waals surface area contributed by atoms with Gasteiger partial charge in [-0.05, 0) is 44.9 Å². The minimum atomic E-state index is -3.53. The fourth-order valence-electron chi connectivity index (χ4n) is 3.52. The lowest BCUT2D eigenvalue weighted by molar-refractivity contribution is 0.265. The molecule has 1 fully saturated rings. The summed E-state index contributed by atoms with van der Waals surface area (Å²) in [5, 5.41) is 4.10. The van der Waals surface area contributed by atoms with E-state index >= 15 is 0 Å². The number of hydrogen-bond acceptors (Lipinski definition) is 5. The smallest absolute Gasteiger partial charge is 0.243 e. The number of rotatable bonds is 4. The number of aryl methyl sites for hydroxylation is 2. The lowest BCUT2D eigenvalue weighted by Gasteiger charge is -2.30. The van der Waals surface area contributed by atoms with Crippen LogP contribution in [0.3, 0.4) is 0 Å². The van der Waals surface area contributed by atoms with Crippen LogP contribution in [0, 0.1) is 13.8 Å². The molecule has 0 amide bonds. The van der Waals surface area contributed by atoms with Crippen LogP contribution in [0.25, 0.3) is 11.4 Å². The van der Waals surface area contributed by atoms with Crippen molar-refractivity contribution < 1.29 is 12.9 Å². The molecule has 0 unspecified atom stereocenters. The third-order valence-corrected chi connectivity index (χ3v) is 6.99. The minimum absolute atomic E-state index is 0.0972. The lowest BCUT2D eigenvalue weighted by Crippen LogP contribution is -2.39. The summed E-state index contributed by atoms with van der Waals surface area (Å²) in [5.74, 6) is 0.942. The quantitative estimate of drug-likeness (QED) is 0.667. The van der Waals surface area contributed by atoms with E-state index in [1.54, 1.807) is 12.1 Å². The highest BCUT2D eigenvalue weighted by Gasteiger charge is 2.33. The van der Waals surface area contributed by atoms with Crippen molar-refractivity contribution in [3.05, 3.63) is 65.5 Å². The van der Waals surface area contributed by atoms with Crippen LogP contribution in [0.4, 0.5) is 0 Å². The van der Waals surface area contributed by atoms with E-state index in [0.717, 1.165) is 29.5 Å². The second kappa shape index (κ2) is 7.48.